The molecule has 1 saturated heterocycles. The number of rotatable bonds is 6. The molecule has 3 atom stereocenters. The van der Waals surface area contributed by atoms with Crippen LogP contribution in [-0.4, -0.2) is 37.0 Å². The third-order valence-corrected chi connectivity index (χ3v) is 4.01. The minimum Gasteiger partial charge on any atom is -0.371 e. The zero-order valence-corrected chi connectivity index (χ0v) is 13.6. The maximum atomic E-state index is 12.1. The Morgan fingerprint density at radius 2 is 2.00 bits per heavy atom. The average Bonchev–Trinajstić information content (AvgIpc) is 3.00. The standard InChI is InChI=1S/C17H25N3O3/c1-11(2)15(18)17(22)19-10-14(21)20-13-8-9-23-16(13)12-6-4-3-5-7-12/h3-7,11,13,15-16H,8-10,18H2,1-2H3,(H,19,22)(H,20,21)/t13?,15-,16?/m0/s1. The van der Waals surface area contributed by atoms with Gasteiger partial charge in [-0.15, -0.1) is 0 Å². The quantitative estimate of drug-likeness (QED) is 0.721. The number of hydrogen-bond donors (Lipinski definition) is 3. The summed E-state index contributed by atoms with van der Waals surface area (Å²) < 4.78 is 5.73. The van der Waals surface area contributed by atoms with Crippen LogP contribution in [0.15, 0.2) is 30.3 Å². The van der Waals surface area contributed by atoms with Crippen LogP contribution in [0.4, 0.5) is 0 Å². The maximum absolute atomic E-state index is 12.1. The molecule has 0 radical (unpaired) electrons. The first-order chi connectivity index (χ1) is 11.0. The van der Waals surface area contributed by atoms with Crippen LogP contribution in [0.2, 0.25) is 0 Å². The van der Waals surface area contributed by atoms with E-state index in [4.69, 9.17) is 10.5 Å². The van der Waals surface area contributed by atoms with E-state index in [2.05, 4.69) is 10.6 Å². The van der Waals surface area contributed by atoms with Gasteiger partial charge in [-0.25, -0.2) is 0 Å². The number of carbonyl (C=O) groups excluding carboxylic acids is 2. The highest BCUT2D eigenvalue weighted by Crippen LogP contribution is 2.28. The molecule has 0 aliphatic carbocycles. The fourth-order valence-electron chi connectivity index (χ4n) is 2.55. The maximum Gasteiger partial charge on any atom is 0.239 e. The normalized spacial score (nSPS) is 21.9. The summed E-state index contributed by atoms with van der Waals surface area (Å²) in [6.45, 7) is 4.27. The fraction of sp³-hybridized carbons (Fsp3) is 0.529. The summed E-state index contributed by atoms with van der Waals surface area (Å²) >= 11 is 0. The predicted molar refractivity (Wildman–Crippen MR) is 87.5 cm³/mol. The van der Waals surface area contributed by atoms with Crippen molar-refractivity contribution in [1.29, 1.82) is 0 Å². The van der Waals surface area contributed by atoms with Gasteiger partial charge in [-0.2, -0.15) is 0 Å². The molecule has 0 aromatic heterocycles. The molecule has 1 aromatic carbocycles. The van der Waals surface area contributed by atoms with Crippen LogP contribution in [0.5, 0.6) is 0 Å². The van der Waals surface area contributed by atoms with Crippen molar-refractivity contribution in [1.82, 2.24) is 10.6 Å². The molecular formula is C17H25N3O3. The topological polar surface area (TPSA) is 93.5 Å². The van der Waals surface area contributed by atoms with E-state index in [1.165, 1.54) is 0 Å². The molecule has 1 fully saturated rings. The van der Waals surface area contributed by atoms with Crippen LogP contribution in [0, 0.1) is 5.92 Å². The lowest BCUT2D eigenvalue weighted by atomic mass is 10.0. The molecule has 126 valence electrons. The summed E-state index contributed by atoms with van der Waals surface area (Å²) in [5.41, 5.74) is 6.79. The van der Waals surface area contributed by atoms with Crippen LogP contribution in [-0.2, 0) is 14.3 Å². The summed E-state index contributed by atoms with van der Waals surface area (Å²) in [7, 11) is 0. The Kier molecular flexibility index (Phi) is 6.12. The number of amides is 2. The van der Waals surface area contributed by atoms with Crippen LogP contribution in [0.25, 0.3) is 0 Å². The highest BCUT2D eigenvalue weighted by atomic mass is 16.5. The second kappa shape index (κ2) is 8.08. The van der Waals surface area contributed by atoms with Gasteiger partial charge in [-0.3, -0.25) is 9.59 Å². The van der Waals surface area contributed by atoms with Crippen molar-refractivity contribution in [2.45, 2.75) is 38.5 Å². The summed E-state index contributed by atoms with van der Waals surface area (Å²) in [5, 5.41) is 5.51. The van der Waals surface area contributed by atoms with Crippen molar-refractivity contribution in [3.8, 4) is 0 Å². The van der Waals surface area contributed by atoms with E-state index in [1.807, 2.05) is 44.2 Å². The van der Waals surface area contributed by atoms with Gasteiger partial charge in [0.1, 0.15) is 6.10 Å². The predicted octanol–water partition coefficient (Wildman–Crippen LogP) is 0.732. The second-order valence-corrected chi connectivity index (χ2v) is 6.15. The van der Waals surface area contributed by atoms with Gasteiger partial charge in [-0.05, 0) is 17.9 Å². The Morgan fingerprint density at radius 3 is 2.65 bits per heavy atom. The molecule has 2 rings (SSSR count). The Hall–Kier alpha value is -1.92. The van der Waals surface area contributed by atoms with Gasteiger partial charge in [0, 0.05) is 6.61 Å². The lowest BCUT2D eigenvalue weighted by molar-refractivity contribution is -0.127. The molecule has 0 bridgehead atoms. The number of benzene rings is 1. The van der Waals surface area contributed by atoms with Gasteiger partial charge in [0.05, 0.1) is 18.6 Å². The SMILES string of the molecule is CC(C)[C@H](N)C(=O)NCC(=O)NC1CCOC1c1ccccc1. The molecule has 1 aliphatic heterocycles. The lowest BCUT2D eigenvalue weighted by Gasteiger charge is -2.21. The van der Waals surface area contributed by atoms with Gasteiger partial charge in [0.2, 0.25) is 11.8 Å². The fourth-order valence-corrected chi connectivity index (χ4v) is 2.55. The van der Waals surface area contributed by atoms with Gasteiger partial charge >= 0.3 is 0 Å². The molecule has 1 aliphatic rings. The zero-order valence-electron chi connectivity index (χ0n) is 13.6. The van der Waals surface area contributed by atoms with Gasteiger partial charge in [0.25, 0.3) is 0 Å². The number of hydrogen-bond acceptors (Lipinski definition) is 4. The van der Waals surface area contributed by atoms with Crippen molar-refractivity contribution in [3.05, 3.63) is 35.9 Å². The first kappa shape index (κ1) is 17.4. The monoisotopic (exact) mass is 319 g/mol. The molecule has 2 amide bonds. The highest BCUT2D eigenvalue weighted by molar-refractivity contribution is 5.87. The summed E-state index contributed by atoms with van der Waals surface area (Å²) in [6.07, 6.45) is 0.610. The molecule has 1 heterocycles. The lowest BCUT2D eigenvalue weighted by Crippen LogP contribution is -2.48. The largest absolute Gasteiger partial charge is 0.371 e. The average molecular weight is 319 g/mol. The first-order valence-corrected chi connectivity index (χ1v) is 7.98. The highest BCUT2D eigenvalue weighted by Gasteiger charge is 2.30. The van der Waals surface area contributed by atoms with E-state index in [-0.39, 0.29) is 36.4 Å². The third kappa shape index (κ3) is 4.77. The molecule has 2 unspecified atom stereocenters. The minimum absolute atomic E-state index is 0.0313. The first-order valence-electron chi connectivity index (χ1n) is 7.98. The van der Waals surface area contributed by atoms with E-state index < -0.39 is 6.04 Å². The van der Waals surface area contributed by atoms with Crippen LogP contribution >= 0.6 is 0 Å². The Morgan fingerprint density at radius 1 is 1.30 bits per heavy atom. The molecule has 4 N–H and O–H groups in total. The number of carbonyl (C=O) groups is 2. The minimum atomic E-state index is -0.602. The zero-order chi connectivity index (χ0) is 16.8. The molecule has 6 heteroatoms. The molecule has 6 nitrogen and oxygen atoms in total. The van der Waals surface area contributed by atoms with E-state index in [1.54, 1.807) is 0 Å². The van der Waals surface area contributed by atoms with Crippen molar-refractivity contribution in [2.75, 3.05) is 13.2 Å². The number of nitrogens with one attached hydrogen (secondary N) is 2. The van der Waals surface area contributed by atoms with Crippen molar-refractivity contribution < 1.29 is 14.3 Å². The molecular weight excluding hydrogens is 294 g/mol. The van der Waals surface area contributed by atoms with Gasteiger partial charge in [0.15, 0.2) is 0 Å². The van der Waals surface area contributed by atoms with E-state index in [0.717, 1.165) is 12.0 Å². The smallest absolute Gasteiger partial charge is 0.239 e. The van der Waals surface area contributed by atoms with Gasteiger partial charge in [-0.1, -0.05) is 44.2 Å². The number of ether oxygens (including phenoxy) is 1. The van der Waals surface area contributed by atoms with Crippen molar-refractivity contribution in [3.63, 3.8) is 0 Å². The molecule has 0 saturated carbocycles. The third-order valence-electron chi connectivity index (χ3n) is 4.01. The Labute approximate surface area is 136 Å². The van der Waals surface area contributed by atoms with Gasteiger partial charge < -0.3 is 21.1 Å². The Bertz CT molecular complexity index is 533. The summed E-state index contributed by atoms with van der Waals surface area (Å²) in [5.74, 6) is -0.507. The molecule has 0 spiro atoms. The van der Waals surface area contributed by atoms with Crippen LogP contribution < -0.4 is 16.4 Å². The van der Waals surface area contributed by atoms with Crippen molar-refractivity contribution in [2.24, 2.45) is 11.7 Å². The number of nitrogens with two attached hydrogens (primary N) is 1. The molecule has 23 heavy (non-hydrogen) atoms. The van der Waals surface area contributed by atoms with E-state index in [0.29, 0.717) is 6.61 Å². The van der Waals surface area contributed by atoms with Crippen molar-refractivity contribution >= 4 is 11.8 Å². The second-order valence-electron chi connectivity index (χ2n) is 6.15. The molecule has 1 aromatic rings. The summed E-state index contributed by atoms with van der Waals surface area (Å²) in [4.78, 5) is 23.8. The van der Waals surface area contributed by atoms with E-state index >= 15 is 0 Å². The summed E-state index contributed by atoms with van der Waals surface area (Å²) in [6, 6.07) is 9.12. The Balaban J connectivity index is 1.84. The van der Waals surface area contributed by atoms with Crippen LogP contribution in [0.1, 0.15) is 31.9 Å². The van der Waals surface area contributed by atoms with Crippen LogP contribution in [0.3, 0.4) is 0 Å². The van der Waals surface area contributed by atoms with E-state index in [9.17, 15) is 9.59 Å².